The Bertz CT molecular complexity index is 833. The highest BCUT2D eigenvalue weighted by Gasteiger charge is 2.10. The zero-order valence-electron chi connectivity index (χ0n) is 19.4. The molecule has 0 heterocycles. The van der Waals surface area contributed by atoms with Gasteiger partial charge in [-0.15, -0.1) is 24.0 Å². The van der Waals surface area contributed by atoms with Gasteiger partial charge < -0.3 is 30.0 Å². The normalized spacial score (nSPS) is 12.0. The zero-order valence-corrected chi connectivity index (χ0v) is 21.7. The van der Waals surface area contributed by atoms with Crippen LogP contribution in [0.25, 0.3) is 0 Å². The van der Waals surface area contributed by atoms with Crippen molar-refractivity contribution in [2.45, 2.75) is 33.4 Å². The summed E-state index contributed by atoms with van der Waals surface area (Å²) in [4.78, 5) is 4.67. The second-order valence-electron chi connectivity index (χ2n) is 7.03. The number of halogens is 1. The summed E-state index contributed by atoms with van der Waals surface area (Å²) in [6.45, 7) is 9.23. The van der Waals surface area contributed by atoms with E-state index < -0.39 is 6.10 Å². The first-order chi connectivity index (χ1) is 15.1. The first-order valence-electron chi connectivity index (χ1n) is 10.7. The molecule has 0 aliphatic carbocycles. The van der Waals surface area contributed by atoms with Crippen molar-refractivity contribution in [2.24, 2.45) is 4.99 Å². The molecule has 0 radical (unpaired) electrons. The van der Waals surface area contributed by atoms with E-state index in [9.17, 15) is 5.11 Å². The number of ether oxygens (including phenoxy) is 3. The molecule has 0 aliphatic heterocycles. The van der Waals surface area contributed by atoms with Gasteiger partial charge in [0.15, 0.2) is 5.96 Å². The molecule has 2 rings (SSSR count). The number of aliphatic imine (C=N–C) groups is 1. The van der Waals surface area contributed by atoms with Gasteiger partial charge in [-0.3, -0.25) is 0 Å². The van der Waals surface area contributed by atoms with E-state index in [1.165, 1.54) is 0 Å². The van der Waals surface area contributed by atoms with Crippen molar-refractivity contribution in [1.29, 1.82) is 0 Å². The summed E-state index contributed by atoms with van der Waals surface area (Å²) in [7, 11) is 1.61. The number of nitrogens with one attached hydrogen (secondary N) is 2. The van der Waals surface area contributed by atoms with Crippen LogP contribution in [0.5, 0.6) is 11.5 Å². The van der Waals surface area contributed by atoms with Gasteiger partial charge in [0.05, 0.1) is 26.4 Å². The molecular formula is C24H36IN3O4. The summed E-state index contributed by atoms with van der Waals surface area (Å²) in [5, 5.41) is 16.9. The number of guanidine groups is 1. The quantitative estimate of drug-likeness (QED) is 0.159. The smallest absolute Gasteiger partial charge is 0.191 e. The maximum atomic E-state index is 10.5. The molecule has 1 atom stereocenters. The van der Waals surface area contributed by atoms with Crippen molar-refractivity contribution in [3.8, 4) is 11.5 Å². The number of aryl methyl sites for hydroxylation is 1. The lowest BCUT2D eigenvalue weighted by Crippen LogP contribution is -2.39. The SMILES string of the molecule is CCNC(=NCc1ccc(C)cc1OCCOCC)NCC(O)c1cccc(OC)c1.I. The summed E-state index contributed by atoms with van der Waals surface area (Å²) in [5.41, 5.74) is 2.91. The van der Waals surface area contributed by atoms with Gasteiger partial charge >= 0.3 is 0 Å². The average Bonchev–Trinajstić information content (AvgIpc) is 2.79. The van der Waals surface area contributed by atoms with E-state index in [2.05, 4.69) is 15.6 Å². The van der Waals surface area contributed by atoms with Gasteiger partial charge in [-0.1, -0.05) is 24.3 Å². The van der Waals surface area contributed by atoms with Gasteiger partial charge in [0.25, 0.3) is 0 Å². The van der Waals surface area contributed by atoms with E-state index in [0.29, 0.717) is 51.2 Å². The van der Waals surface area contributed by atoms with Crippen LogP contribution in [0.15, 0.2) is 47.5 Å². The maximum Gasteiger partial charge on any atom is 0.191 e. The third-order valence-electron chi connectivity index (χ3n) is 4.61. The van der Waals surface area contributed by atoms with Crippen LogP contribution < -0.4 is 20.1 Å². The van der Waals surface area contributed by atoms with Gasteiger partial charge in [0, 0.05) is 25.3 Å². The molecule has 178 valence electrons. The van der Waals surface area contributed by atoms with Crippen molar-refractivity contribution in [1.82, 2.24) is 10.6 Å². The lowest BCUT2D eigenvalue weighted by Gasteiger charge is -2.16. The molecule has 2 aromatic rings. The number of hydrogen-bond donors (Lipinski definition) is 3. The minimum Gasteiger partial charge on any atom is -0.497 e. The molecule has 32 heavy (non-hydrogen) atoms. The van der Waals surface area contributed by atoms with Crippen LogP contribution in [0.4, 0.5) is 0 Å². The Kier molecular flexibility index (Phi) is 13.7. The molecule has 0 amide bonds. The van der Waals surface area contributed by atoms with Crippen LogP contribution >= 0.6 is 24.0 Å². The molecule has 0 aromatic heterocycles. The van der Waals surface area contributed by atoms with Crippen LogP contribution in [0.3, 0.4) is 0 Å². The molecule has 3 N–H and O–H groups in total. The molecule has 0 fully saturated rings. The monoisotopic (exact) mass is 557 g/mol. The molecule has 8 heteroatoms. The third kappa shape index (κ3) is 9.62. The highest BCUT2D eigenvalue weighted by Crippen LogP contribution is 2.21. The van der Waals surface area contributed by atoms with Crippen LogP contribution in [-0.2, 0) is 11.3 Å². The minimum absolute atomic E-state index is 0. The Labute approximate surface area is 208 Å². The standard InChI is InChI=1S/C24H35N3O4.HI/c1-5-25-24(27-17-22(28)19-8-7-9-21(15-19)29-4)26-16-20-11-10-18(3)14-23(20)31-13-12-30-6-2;/h7-11,14-15,22,28H,5-6,12-13,16-17H2,1-4H3,(H2,25,26,27);1H. The summed E-state index contributed by atoms with van der Waals surface area (Å²) < 4.78 is 16.5. The van der Waals surface area contributed by atoms with Gasteiger partial charge in [0.1, 0.15) is 18.1 Å². The second-order valence-corrected chi connectivity index (χ2v) is 7.03. The Morgan fingerprint density at radius 1 is 1.09 bits per heavy atom. The average molecular weight is 557 g/mol. The first-order valence-corrected chi connectivity index (χ1v) is 10.7. The minimum atomic E-state index is -0.684. The molecule has 0 saturated carbocycles. The molecule has 2 aromatic carbocycles. The van der Waals surface area contributed by atoms with Crippen molar-refractivity contribution in [2.75, 3.05) is 40.0 Å². The van der Waals surface area contributed by atoms with Crippen LogP contribution in [-0.4, -0.2) is 51.1 Å². The second kappa shape index (κ2) is 15.7. The summed E-state index contributed by atoms with van der Waals surface area (Å²) >= 11 is 0. The number of hydrogen-bond acceptors (Lipinski definition) is 5. The number of methoxy groups -OCH3 is 1. The fraction of sp³-hybridized carbons (Fsp3) is 0.458. The number of aliphatic hydroxyl groups is 1. The largest absolute Gasteiger partial charge is 0.497 e. The van der Waals surface area contributed by atoms with E-state index in [1.807, 2.05) is 63.2 Å². The molecule has 0 saturated heterocycles. The van der Waals surface area contributed by atoms with Crippen LogP contribution in [0.1, 0.15) is 36.6 Å². The Morgan fingerprint density at radius 3 is 2.62 bits per heavy atom. The Morgan fingerprint density at radius 2 is 1.91 bits per heavy atom. The Balaban J connectivity index is 0.00000512. The molecule has 7 nitrogen and oxygen atoms in total. The van der Waals surface area contributed by atoms with E-state index in [0.717, 1.165) is 22.4 Å². The maximum absolute atomic E-state index is 10.5. The first kappa shape index (κ1) is 28.0. The fourth-order valence-electron chi connectivity index (χ4n) is 2.95. The zero-order chi connectivity index (χ0) is 22.5. The van der Waals surface area contributed by atoms with Gasteiger partial charge in [-0.05, 0) is 50.1 Å². The number of aliphatic hydroxyl groups excluding tert-OH is 1. The highest BCUT2D eigenvalue weighted by molar-refractivity contribution is 14.0. The predicted molar refractivity (Wildman–Crippen MR) is 139 cm³/mol. The van der Waals surface area contributed by atoms with E-state index in [1.54, 1.807) is 7.11 Å². The molecule has 0 spiro atoms. The number of rotatable bonds is 12. The molecule has 0 aliphatic rings. The van der Waals surface area contributed by atoms with Gasteiger partial charge in [-0.2, -0.15) is 0 Å². The van der Waals surface area contributed by atoms with Gasteiger partial charge in [-0.25, -0.2) is 4.99 Å². The lowest BCUT2D eigenvalue weighted by atomic mass is 10.1. The molecule has 1 unspecified atom stereocenters. The number of benzene rings is 2. The van der Waals surface area contributed by atoms with E-state index in [-0.39, 0.29) is 24.0 Å². The van der Waals surface area contributed by atoms with E-state index in [4.69, 9.17) is 14.2 Å². The molecular weight excluding hydrogens is 521 g/mol. The van der Waals surface area contributed by atoms with Crippen LogP contribution in [0.2, 0.25) is 0 Å². The highest BCUT2D eigenvalue weighted by atomic mass is 127. The lowest BCUT2D eigenvalue weighted by molar-refractivity contribution is 0.110. The number of nitrogens with zero attached hydrogens (tertiary/aromatic N) is 1. The van der Waals surface area contributed by atoms with Crippen molar-refractivity contribution in [3.05, 3.63) is 59.2 Å². The van der Waals surface area contributed by atoms with Crippen LogP contribution in [0, 0.1) is 6.92 Å². The summed E-state index contributed by atoms with van der Waals surface area (Å²) in [6, 6.07) is 13.5. The topological polar surface area (TPSA) is 84.3 Å². The van der Waals surface area contributed by atoms with E-state index >= 15 is 0 Å². The van der Waals surface area contributed by atoms with Crippen molar-refractivity contribution in [3.63, 3.8) is 0 Å². The van der Waals surface area contributed by atoms with Crippen molar-refractivity contribution < 1.29 is 19.3 Å². The summed E-state index contributed by atoms with van der Waals surface area (Å²) in [5.74, 6) is 2.16. The fourth-order valence-corrected chi connectivity index (χ4v) is 2.95. The predicted octanol–water partition coefficient (Wildman–Crippen LogP) is 3.83. The van der Waals surface area contributed by atoms with Gasteiger partial charge in [0.2, 0.25) is 0 Å². The molecule has 0 bridgehead atoms. The Hall–Kier alpha value is -2.04. The summed E-state index contributed by atoms with van der Waals surface area (Å²) in [6.07, 6.45) is -0.684. The van der Waals surface area contributed by atoms with Crippen molar-refractivity contribution >= 4 is 29.9 Å². The third-order valence-corrected chi connectivity index (χ3v) is 4.61.